The van der Waals surface area contributed by atoms with Crippen molar-refractivity contribution < 1.29 is 9.90 Å². The van der Waals surface area contributed by atoms with Crippen LogP contribution in [0.3, 0.4) is 0 Å². The fourth-order valence-corrected chi connectivity index (χ4v) is 2.61. The number of rotatable bonds is 0. The SMILES string of the molecule is CC(=O)O.CC1=C2CC(CC1)C2(C)C. The molecule has 3 rings (SSSR count). The fourth-order valence-electron chi connectivity index (χ4n) is 2.61. The Morgan fingerprint density at radius 1 is 1.50 bits per heavy atom. The summed E-state index contributed by atoms with van der Waals surface area (Å²) in [7, 11) is 0. The molecule has 0 aliphatic heterocycles. The van der Waals surface area contributed by atoms with Crippen molar-refractivity contribution in [3.8, 4) is 0 Å². The minimum Gasteiger partial charge on any atom is -0.481 e. The van der Waals surface area contributed by atoms with E-state index in [1.807, 2.05) is 0 Å². The van der Waals surface area contributed by atoms with E-state index >= 15 is 0 Å². The third-order valence-corrected chi connectivity index (χ3v) is 3.63. The van der Waals surface area contributed by atoms with Crippen molar-refractivity contribution in [3.63, 3.8) is 0 Å². The van der Waals surface area contributed by atoms with Crippen molar-refractivity contribution in [2.75, 3.05) is 0 Å². The van der Waals surface area contributed by atoms with Crippen LogP contribution in [0.1, 0.15) is 47.0 Å². The first-order valence-electron chi connectivity index (χ1n) is 5.24. The molecule has 1 saturated carbocycles. The number of carboxylic acids is 1. The number of aliphatic carboxylic acids is 1. The van der Waals surface area contributed by atoms with Gasteiger partial charge in [-0.3, -0.25) is 4.79 Å². The van der Waals surface area contributed by atoms with Crippen LogP contribution in [0, 0.1) is 11.3 Å². The van der Waals surface area contributed by atoms with Gasteiger partial charge in [0, 0.05) is 6.92 Å². The van der Waals surface area contributed by atoms with Crippen molar-refractivity contribution in [3.05, 3.63) is 11.1 Å². The van der Waals surface area contributed by atoms with E-state index in [-0.39, 0.29) is 0 Å². The van der Waals surface area contributed by atoms with E-state index in [0.29, 0.717) is 5.41 Å². The first-order chi connectivity index (χ1) is 6.35. The normalized spacial score (nSPS) is 27.3. The Morgan fingerprint density at radius 3 is 2.21 bits per heavy atom. The molecular weight excluding hydrogens is 176 g/mol. The van der Waals surface area contributed by atoms with Gasteiger partial charge in [-0.05, 0) is 37.5 Å². The molecule has 2 nitrogen and oxygen atoms in total. The molecule has 0 spiro atoms. The predicted molar refractivity (Wildman–Crippen MR) is 57.1 cm³/mol. The number of fused-ring (bicyclic) bond motifs is 2. The Hall–Kier alpha value is -0.790. The van der Waals surface area contributed by atoms with E-state index in [2.05, 4.69) is 20.8 Å². The summed E-state index contributed by atoms with van der Waals surface area (Å²) in [6, 6.07) is 0. The van der Waals surface area contributed by atoms with Crippen molar-refractivity contribution in [1.29, 1.82) is 0 Å². The molecule has 14 heavy (non-hydrogen) atoms. The van der Waals surface area contributed by atoms with Crippen molar-refractivity contribution >= 4 is 5.97 Å². The third-order valence-electron chi connectivity index (χ3n) is 3.63. The number of carboxylic acid groups (broad SMARTS) is 1. The molecule has 2 heteroatoms. The Balaban J connectivity index is 0.000000213. The molecule has 1 N–H and O–H groups in total. The summed E-state index contributed by atoms with van der Waals surface area (Å²) in [5.41, 5.74) is 4.04. The second kappa shape index (κ2) is 3.76. The van der Waals surface area contributed by atoms with Crippen LogP contribution in [0.25, 0.3) is 0 Å². The van der Waals surface area contributed by atoms with Crippen molar-refractivity contribution in [1.82, 2.24) is 0 Å². The first-order valence-corrected chi connectivity index (χ1v) is 5.24. The fraction of sp³-hybridized carbons (Fsp3) is 0.750. The lowest BCUT2D eigenvalue weighted by Gasteiger charge is -2.52. The highest BCUT2D eigenvalue weighted by Gasteiger charge is 2.46. The summed E-state index contributed by atoms with van der Waals surface area (Å²) >= 11 is 0. The van der Waals surface area contributed by atoms with Crippen LogP contribution in [0.4, 0.5) is 0 Å². The number of hydrogen-bond donors (Lipinski definition) is 1. The predicted octanol–water partition coefficient (Wildman–Crippen LogP) is 3.23. The van der Waals surface area contributed by atoms with Gasteiger partial charge in [0.2, 0.25) is 0 Å². The molecule has 0 saturated heterocycles. The van der Waals surface area contributed by atoms with Crippen molar-refractivity contribution in [2.45, 2.75) is 47.0 Å². The van der Waals surface area contributed by atoms with Gasteiger partial charge >= 0.3 is 0 Å². The van der Waals surface area contributed by atoms with E-state index in [9.17, 15) is 0 Å². The highest BCUT2D eigenvalue weighted by Crippen LogP contribution is 2.58. The second-order valence-corrected chi connectivity index (χ2v) is 4.94. The van der Waals surface area contributed by atoms with Gasteiger partial charge in [-0.25, -0.2) is 0 Å². The second-order valence-electron chi connectivity index (χ2n) is 4.94. The van der Waals surface area contributed by atoms with Crippen LogP contribution in [0.5, 0.6) is 0 Å². The van der Waals surface area contributed by atoms with E-state index in [1.54, 1.807) is 11.1 Å². The highest BCUT2D eigenvalue weighted by molar-refractivity contribution is 5.62. The number of hydrogen-bond acceptors (Lipinski definition) is 1. The molecule has 2 bridgehead atoms. The van der Waals surface area contributed by atoms with Crippen LogP contribution < -0.4 is 0 Å². The lowest BCUT2D eigenvalue weighted by atomic mass is 9.52. The molecular formula is C12H20O2. The minimum absolute atomic E-state index is 0.586. The zero-order valence-corrected chi connectivity index (χ0v) is 9.55. The van der Waals surface area contributed by atoms with Gasteiger partial charge in [0.25, 0.3) is 5.97 Å². The molecule has 0 radical (unpaired) electrons. The zero-order valence-electron chi connectivity index (χ0n) is 9.55. The smallest absolute Gasteiger partial charge is 0.300 e. The maximum atomic E-state index is 9.00. The largest absolute Gasteiger partial charge is 0.481 e. The molecule has 1 fully saturated rings. The molecule has 3 aliphatic carbocycles. The molecule has 0 aromatic heterocycles. The maximum absolute atomic E-state index is 9.00. The van der Waals surface area contributed by atoms with Gasteiger partial charge in [-0.15, -0.1) is 0 Å². The average molecular weight is 196 g/mol. The van der Waals surface area contributed by atoms with Gasteiger partial charge in [0.15, 0.2) is 0 Å². The van der Waals surface area contributed by atoms with Crippen LogP contribution in [0.2, 0.25) is 0 Å². The van der Waals surface area contributed by atoms with E-state index in [1.165, 1.54) is 19.3 Å². The molecule has 0 aromatic rings. The Labute approximate surface area is 86.0 Å². The summed E-state index contributed by atoms with van der Waals surface area (Å²) in [6.45, 7) is 8.20. The molecule has 0 aromatic carbocycles. The Morgan fingerprint density at radius 2 is 2.00 bits per heavy atom. The summed E-state index contributed by atoms with van der Waals surface area (Å²) in [5.74, 6) is 0.186. The lowest BCUT2D eigenvalue weighted by molar-refractivity contribution is -0.134. The molecule has 80 valence electrons. The summed E-state index contributed by atoms with van der Waals surface area (Å²) in [4.78, 5) is 9.00. The average Bonchev–Trinajstić information content (AvgIpc) is 2.02. The monoisotopic (exact) mass is 196 g/mol. The minimum atomic E-state index is -0.833. The van der Waals surface area contributed by atoms with Crippen LogP contribution in [-0.4, -0.2) is 11.1 Å². The molecule has 1 unspecified atom stereocenters. The lowest BCUT2D eigenvalue weighted by Crippen LogP contribution is -2.41. The number of allylic oxidation sites excluding steroid dienone is 2. The molecule has 1 atom stereocenters. The molecule has 0 amide bonds. The van der Waals surface area contributed by atoms with Crippen LogP contribution in [-0.2, 0) is 4.79 Å². The number of carbonyl (C=O) groups is 1. The van der Waals surface area contributed by atoms with Crippen LogP contribution in [0.15, 0.2) is 11.1 Å². The zero-order chi connectivity index (χ0) is 10.9. The summed E-state index contributed by atoms with van der Waals surface area (Å²) in [6.07, 6.45) is 4.24. The molecule has 3 aliphatic rings. The Bertz CT molecular complexity index is 270. The molecule has 0 heterocycles. The van der Waals surface area contributed by atoms with Gasteiger partial charge in [-0.2, -0.15) is 0 Å². The Kier molecular flexibility index (Phi) is 3.03. The van der Waals surface area contributed by atoms with E-state index in [0.717, 1.165) is 12.8 Å². The highest BCUT2D eigenvalue weighted by atomic mass is 16.4. The van der Waals surface area contributed by atoms with Crippen molar-refractivity contribution in [2.24, 2.45) is 11.3 Å². The summed E-state index contributed by atoms with van der Waals surface area (Å²) < 4.78 is 0. The first kappa shape index (κ1) is 11.3. The standard InChI is InChI=1S/C10H16.C2H4O2/c1-7-4-5-8-6-9(7)10(8,2)3;1-2(3)4/h8H,4-6H2,1-3H3;1H3,(H,3,4). The van der Waals surface area contributed by atoms with Gasteiger partial charge in [0.1, 0.15) is 0 Å². The van der Waals surface area contributed by atoms with Gasteiger partial charge in [-0.1, -0.05) is 25.0 Å². The van der Waals surface area contributed by atoms with Gasteiger partial charge < -0.3 is 5.11 Å². The van der Waals surface area contributed by atoms with Gasteiger partial charge in [0.05, 0.1) is 0 Å². The maximum Gasteiger partial charge on any atom is 0.300 e. The summed E-state index contributed by atoms with van der Waals surface area (Å²) in [5, 5.41) is 7.42. The van der Waals surface area contributed by atoms with Crippen LogP contribution >= 0.6 is 0 Å². The van der Waals surface area contributed by atoms with E-state index < -0.39 is 5.97 Å². The van der Waals surface area contributed by atoms with E-state index in [4.69, 9.17) is 9.90 Å². The third kappa shape index (κ3) is 1.99. The topological polar surface area (TPSA) is 37.3 Å². The quantitative estimate of drug-likeness (QED) is 0.604.